The van der Waals surface area contributed by atoms with Gasteiger partial charge < -0.3 is 9.80 Å². The lowest BCUT2D eigenvalue weighted by Crippen LogP contribution is -2.24. The molecule has 0 fully saturated rings. The second-order valence-electron chi connectivity index (χ2n) is 6.79. The fourth-order valence-electron chi connectivity index (χ4n) is 2.90. The lowest BCUT2D eigenvalue weighted by molar-refractivity contribution is 0.494. The summed E-state index contributed by atoms with van der Waals surface area (Å²) in [6.07, 6.45) is 6.67. The van der Waals surface area contributed by atoms with Crippen molar-refractivity contribution in [3.8, 4) is 0 Å². The molecule has 0 amide bonds. The highest BCUT2D eigenvalue weighted by molar-refractivity contribution is 5.62. The van der Waals surface area contributed by atoms with Crippen LogP contribution in [0.3, 0.4) is 0 Å². The molecule has 2 rings (SSSR count). The minimum absolute atomic E-state index is 0.687. The van der Waals surface area contributed by atoms with Gasteiger partial charge >= 0.3 is 0 Å². The first kappa shape index (κ1) is 15.0. The van der Waals surface area contributed by atoms with E-state index in [0.29, 0.717) is 11.8 Å². The Labute approximate surface area is 124 Å². The topological polar surface area (TPSA) is 6.48 Å². The first-order valence-corrected chi connectivity index (χ1v) is 7.73. The van der Waals surface area contributed by atoms with E-state index in [1.165, 1.54) is 16.8 Å². The van der Waals surface area contributed by atoms with Crippen LogP contribution in [0.25, 0.3) is 0 Å². The summed E-state index contributed by atoms with van der Waals surface area (Å²) in [6, 6.07) is 6.82. The van der Waals surface area contributed by atoms with Crippen LogP contribution in [0.2, 0.25) is 0 Å². The zero-order valence-electron chi connectivity index (χ0n) is 13.6. The molecule has 110 valence electrons. The van der Waals surface area contributed by atoms with Crippen LogP contribution in [-0.2, 0) is 12.8 Å². The third-order valence-electron chi connectivity index (χ3n) is 3.62. The van der Waals surface area contributed by atoms with Gasteiger partial charge in [-0.05, 0) is 35.8 Å². The maximum atomic E-state index is 2.40. The number of anilines is 1. The van der Waals surface area contributed by atoms with Gasteiger partial charge in [0.2, 0.25) is 0 Å². The molecule has 0 atom stereocenters. The van der Waals surface area contributed by atoms with Crippen molar-refractivity contribution in [3.05, 3.63) is 41.7 Å². The quantitative estimate of drug-likeness (QED) is 0.790. The Bertz CT molecular complexity index is 446. The van der Waals surface area contributed by atoms with E-state index in [2.05, 4.69) is 75.1 Å². The molecule has 20 heavy (non-hydrogen) atoms. The number of para-hydroxylation sites is 1. The number of hydrogen-bond acceptors (Lipinski definition) is 2. The average molecular weight is 272 g/mol. The Kier molecular flexibility index (Phi) is 4.74. The Morgan fingerprint density at radius 1 is 0.950 bits per heavy atom. The third kappa shape index (κ3) is 3.56. The molecule has 1 aliphatic rings. The number of hydrogen-bond donors (Lipinski definition) is 0. The van der Waals surface area contributed by atoms with Crippen LogP contribution >= 0.6 is 0 Å². The van der Waals surface area contributed by atoms with Gasteiger partial charge in [0.25, 0.3) is 0 Å². The SMILES string of the molecule is CC(C)Cc1cccc(CC(C)C)c1N1C=CN(C)C1. The van der Waals surface area contributed by atoms with Crippen molar-refractivity contribution >= 4 is 5.69 Å². The minimum Gasteiger partial charge on any atom is -0.361 e. The standard InChI is InChI=1S/C18H28N2/c1-14(2)11-16-7-6-8-17(12-15(3)4)18(16)20-10-9-19(5)13-20/h6-10,14-15H,11-13H2,1-5H3. The van der Waals surface area contributed by atoms with E-state index in [-0.39, 0.29) is 0 Å². The second kappa shape index (κ2) is 6.34. The summed E-state index contributed by atoms with van der Waals surface area (Å²) in [5.41, 5.74) is 4.41. The molecule has 1 heterocycles. The maximum Gasteiger partial charge on any atom is 0.0939 e. The highest BCUT2D eigenvalue weighted by Gasteiger charge is 2.19. The van der Waals surface area contributed by atoms with Crippen LogP contribution in [0.15, 0.2) is 30.6 Å². The summed E-state index contributed by atoms with van der Waals surface area (Å²) < 4.78 is 0. The van der Waals surface area contributed by atoms with Crippen molar-refractivity contribution in [2.75, 3.05) is 18.6 Å². The van der Waals surface area contributed by atoms with Gasteiger partial charge in [-0.3, -0.25) is 0 Å². The molecule has 2 nitrogen and oxygen atoms in total. The predicted molar refractivity (Wildman–Crippen MR) is 87.8 cm³/mol. The molecule has 1 aromatic carbocycles. The van der Waals surface area contributed by atoms with Gasteiger partial charge in [-0.15, -0.1) is 0 Å². The van der Waals surface area contributed by atoms with Crippen LogP contribution in [0, 0.1) is 11.8 Å². The highest BCUT2D eigenvalue weighted by Crippen LogP contribution is 2.31. The van der Waals surface area contributed by atoms with E-state index >= 15 is 0 Å². The highest BCUT2D eigenvalue weighted by atomic mass is 15.3. The van der Waals surface area contributed by atoms with Gasteiger partial charge in [0.1, 0.15) is 0 Å². The number of benzene rings is 1. The largest absolute Gasteiger partial charge is 0.361 e. The Balaban J connectivity index is 2.39. The lowest BCUT2D eigenvalue weighted by Gasteiger charge is -2.26. The van der Waals surface area contributed by atoms with Crippen molar-refractivity contribution in [1.29, 1.82) is 0 Å². The van der Waals surface area contributed by atoms with Crippen LogP contribution in [0.1, 0.15) is 38.8 Å². The van der Waals surface area contributed by atoms with Crippen molar-refractivity contribution in [1.82, 2.24) is 4.90 Å². The van der Waals surface area contributed by atoms with Crippen molar-refractivity contribution in [3.63, 3.8) is 0 Å². The van der Waals surface area contributed by atoms with E-state index in [0.717, 1.165) is 19.5 Å². The smallest absolute Gasteiger partial charge is 0.0939 e. The van der Waals surface area contributed by atoms with Crippen LogP contribution in [0.5, 0.6) is 0 Å². The molecule has 0 N–H and O–H groups in total. The third-order valence-corrected chi connectivity index (χ3v) is 3.62. The maximum absolute atomic E-state index is 2.40. The van der Waals surface area contributed by atoms with Crippen molar-refractivity contribution < 1.29 is 0 Å². The molecule has 0 aromatic heterocycles. The Hall–Kier alpha value is -1.44. The molecular formula is C18H28N2. The second-order valence-corrected chi connectivity index (χ2v) is 6.79. The summed E-state index contributed by atoms with van der Waals surface area (Å²) in [5.74, 6) is 1.37. The molecule has 0 radical (unpaired) electrons. The van der Waals surface area contributed by atoms with Gasteiger partial charge in [-0.25, -0.2) is 0 Å². The average Bonchev–Trinajstić information content (AvgIpc) is 2.74. The zero-order chi connectivity index (χ0) is 14.7. The monoisotopic (exact) mass is 272 g/mol. The Morgan fingerprint density at radius 2 is 1.50 bits per heavy atom. The molecule has 1 aliphatic heterocycles. The van der Waals surface area contributed by atoms with Crippen LogP contribution in [0.4, 0.5) is 5.69 Å². The first-order valence-electron chi connectivity index (χ1n) is 7.73. The molecule has 0 bridgehead atoms. The fourth-order valence-corrected chi connectivity index (χ4v) is 2.90. The molecule has 0 spiro atoms. The molecule has 0 aliphatic carbocycles. The van der Waals surface area contributed by atoms with Gasteiger partial charge in [0, 0.05) is 25.1 Å². The molecule has 0 unspecified atom stereocenters. The number of rotatable bonds is 5. The normalized spacial score (nSPS) is 14.9. The van der Waals surface area contributed by atoms with Crippen molar-refractivity contribution in [2.24, 2.45) is 11.8 Å². The lowest BCUT2D eigenvalue weighted by atomic mass is 9.94. The summed E-state index contributed by atoms with van der Waals surface area (Å²) in [5, 5.41) is 0. The van der Waals surface area contributed by atoms with Crippen LogP contribution < -0.4 is 4.90 Å². The minimum atomic E-state index is 0.687. The van der Waals surface area contributed by atoms with Crippen molar-refractivity contribution in [2.45, 2.75) is 40.5 Å². The van der Waals surface area contributed by atoms with Gasteiger partial charge in [-0.1, -0.05) is 45.9 Å². The van der Waals surface area contributed by atoms with E-state index in [1.807, 2.05) is 0 Å². The first-order chi connectivity index (χ1) is 9.47. The Morgan fingerprint density at radius 3 is 1.90 bits per heavy atom. The summed E-state index contributed by atoms with van der Waals surface area (Å²) in [7, 11) is 2.13. The molecule has 0 saturated carbocycles. The predicted octanol–water partition coefficient (Wildman–Crippen LogP) is 4.26. The molecule has 2 heteroatoms. The van der Waals surface area contributed by atoms with Gasteiger partial charge in [-0.2, -0.15) is 0 Å². The van der Waals surface area contributed by atoms with Gasteiger partial charge in [0.05, 0.1) is 6.67 Å². The summed E-state index contributed by atoms with van der Waals surface area (Å²) in [6.45, 7) is 10.1. The fraction of sp³-hybridized carbons (Fsp3) is 0.556. The number of nitrogens with zero attached hydrogens (tertiary/aromatic N) is 2. The van der Waals surface area contributed by atoms with E-state index in [1.54, 1.807) is 0 Å². The van der Waals surface area contributed by atoms with E-state index in [9.17, 15) is 0 Å². The molecule has 0 saturated heterocycles. The zero-order valence-corrected chi connectivity index (χ0v) is 13.6. The van der Waals surface area contributed by atoms with Gasteiger partial charge in [0.15, 0.2) is 0 Å². The molecule has 1 aromatic rings. The summed E-state index contributed by atoms with van der Waals surface area (Å²) in [4.78, 5) is 4.63. The molecular weight excluding hydrogens is 244 g/mol. The summed E-state index contributed by atoms with van der Waals surface area (Å²) >= 11 is 0. The van der Waals surface area contributed by atoms with E-state index in [4.69, 9.17) is 0 Å². The van der Waals surface area contributed by atoms with E-state index < -0.39 is 0 Å². The van der Waals surface area contributed by atoms with Crippen LogP contribution in [-0.4, -0.2) is 18.6 Å².